The molecule has 2 heterocycles. The standard InChI is InChI=1S/C13H15ClN2O2.ClH/c14-9-1-2-11-8(5-9)6-12(18-11)13(17)16-4-3-10(15)7-16;/h1-2,5,10,12H,3-4,6-7,15H2;1H/t10-,12?;/m1./s1. The number of hydrogen-bond acceptors (Lipinski definition) is 3. The fraction of sp³-hybridized carbons (Fsp3) is 0.462. The van der Waals surface area contributed by atoms with Gasteiger partial charge in [-0.05, 0) is 30.2 Å². The maximum atomic E-state index is 12.3. The molecule has 2 atom stereocenters. The topological polar surface area (TPSA) is 55.6 Å². The van der Waals surface area contributed by atoms with E-state index in [-0.39, 0.29) is 24.4 Å². The van der Waals surface area contributed by atoms with E-state index in [2.05, 4.69) is 0 Å². The highest BCUT2D eigenvalue weighted by molar-refractivity contribution is 6.30. The second-order valence-corrected chi connectivity index (χ2v) is 5.33. The van der Waals surface area contributed by atoms with Gasteiger partial charge in [-0.25, -0.2) is 0 Å². The molecule has 4 nitrogen and oxygen atoms in total. The first-order valence-corrected chi connectivity index (χ1v) is 6.51. The maximum Gasteiger partial charge on any atom is 0.264 e. The lowest BCUT2D eigenvalue weighted by Gasteiger charge is -2.19. The number of likely N-dealkylation sites (tertiary alicyclic amines) is 1. The second-order valence-electron chi connectivity index (χ2n) is 4.90. The fourth-order valence-corrected chi connectivity index (χ4v) is 2.74. The molecule has 2 aliphatic rings. The smallest absolute Gasteiger partial charge is 0.264 e. The van der Waals surface area contributed by atoms with Gasteiger partial charge in [0.1, 0.15) is 5.75 Å². The van der Waals surface area contributed by atoms with Gasteiger partial charge in [0.25, 0.3) is 5.91 Å². The number of halogens is 2. The van der Waals surface area contributed by atoms with Crippen molar-refractivity contribution in [2.24, 2.45) is 5.73 Å². The third kappa shape index (κ3) is 2.81. The molecule has 1 aromatic carbocycles. The molecule has 2 N–H and O–H groups in total. The predicted octanol–water partition coefficient (Wildman–Crippen LogP) is 1.62. The minimum Gasteiger partial charge on any atom is -0.480 e. The summed E-state index contributed by atoms with van der Waals surface area (Å²) in [6.07, 6.45) is 1.06. The Hall–Kier alpha value is -0.970. The number of carbonyl (C=O) groups is 1. The van der Waals surface area contributed by atoms with E-state index >= 15 is 0 Å². The van der Waals surface area contributed by atoms with Gasteiger partial charge in [-0.15, -0.1) is 12.4 Å². The zero-order valence-electron chi connectivity index (χ0n) is 10.3. The molecule has 1 aromatic rings. The summed E-state index contributed by atoms with van der Waals surface area (Å²) in [5.41, 5.74) is 6.82. The lowest BCUT2D eigenvalue weighted by molar-refractivity contribution is -0.136. The first-order chi connectivity index (χ1) is 8.63. The van der Waals surface area contributed by atoms with Crippen LogP contribution in [0.15, 0.2) is 18.2 Å². The second kappa shape index (κ2) is 5.57. The van der Waals surface area contributed by atoms with Crippen LogP contribution in [0.5, 0.6) is 5.75 Å². The average molecular weight is 303 g/mol. The molecule has 1 amide bonds. The molecule has 1 unspecified atom stereocenters. The van der Waals surface area contributed by atoms with Gasteiger partial charge in [0.05, 0.1) is 0 Å². The van der Waals surface area contributed by atoms with Crippen LogP contribution in [0.2, 0.25) is 5.02 Å². The molecule has 0 aromatic heterocycles. The minimum atomic E-state index is -0.413. The van der Waals surface area contributed by atoms with Crippen LogP contribution in [0.25, 0.3) is 0 Å². The molecular formula is C13H16Cl2N2O2. The SMILES string of the molecule is Cl.N[C@@H]1CCN(C(=O)C2Cc3cc(Cl)ccc3O2)C1. The number of fused-ring (bicyclic) bond motifs is 1. The Morgan fingerprint density at radius 3 is 2.95 bits per heavy atom. The molecule has 104 valence electrons. The number of carbonyl (C=O) groups excluding carboxylic acids is 1. The van der Waals surface area contributed by atoms with Crippen molar-refractivity contribution in [3.05, 3.63) is 28.8 Å². The van der Waals surface area contributed by atoms with Crippen LogP contribution < -0.4 is 10.5 Å². The summed E-state index contributed by atoms with van der Waals surface area (Å²) >= 11 is 5.93. The summed E-state index contributed by atoms with van der Waals surface area (Å²) in [7, 11) is 0. The number of rotatable bonds is 1. The summed E-state index contributed by atoms with van der Waals surface area (Å²) < 4.78 is 5.68. The molecule has 1 saturated heterocycles. The van der Waals surface area contributed by atoms with E-state index in [1.165, 1.54) is 0 Å². The van der Waals surface area contributed by atoms with Gasteiger partial charge in [-0.1, -0.05) is 11.6 Å². The molecule has 0 spiro atoms. The van der Waals surface area contributed by atoms with E-state index in [0.29, 0.717) is 18.0 Å². The van der Waals surface area contributed by atoms with Crippen molar-refractivity contribution in [2.45, 2.75) is 25.0 Å². The number of benzene rings is 1. The molecule has 2 aliphatic heterocycles. The highest BCUT2D eigenvalue weighted by Gasteiger charge is 2.34. The van der Waals surface area contributed by atoms with Gasteiger partial charge in [-0.3, -0.25) is 4.79 Å². The first kappa shape index (κ1) is 14.4. The maximum absolute atomic E-state index is 12.3. The Morgan fingerprint density at radius 2 is 2.26 bits per heavy atom. The Kier molecular flexibility index (Phi) is 4.23. The molecule has 0 radical (unpaired) electrons. The quantitative estimate of drug-likeness (QED) is 0.858. The van der Waals surface area contributed by atoms with Crippen LogP contribution in [-0.2, 0) is 11.2 Å². The lowest BCUT2D eigenvalue weighted by atomic mass is 10.1. The van der Waals surface area contributed by atoms with Crippen molar-refractivity contribution in [3.8, 4) is 5.75 Å². The van der Waals surface area contributed by atoms with Gasteiger partial charge < -0.3 is 15.4 Å². The summed E-state index contributed by atoms with van der Waals surface area (Å²) in [6.45, 7) is 1.37. The highest BCUT2D eigenvalue weighted by Crippen LogP contribution is 2.32. The Bertz CT molecular complexity index is 496. The third-order valence-electron chi connectivity index (χ3n) is 3.51. The van der Waals surface area contributed by atoms with E-state index in [4.69, 9.17) is 22.1 Å². The van der Waals surface area contributed by atoms with Crippen LogP contribution in [0.1, 0.15) is 12.0 Å². The molecule has 3 rings (SSSR count). The van der Waals surface area contributed by atoms with Crippen molar-refractivity contribution in [2.75, 3.05) is 13.1 Å². The van der Waals surface area contributed by atoms with Gasteiger partial charge in [0.15, 0.2) is 6.10 Å². The lowest BCUT2D eigenvalue weighted by Crippen LogP contribution is -2.41. The van der Waals surface area contributed by atoms with Crippen LogP contribution in [0.4, 0.5) is 0 Å². The summed E-state index contributed by atoms with van der Waals surface area (Å²) in [5.74, 6) is 0.802. The molecular weight excluding hydrogens is 287 g/mol. The van der Waals surface area contributed by atoms with Crippen molar-refractivity contribution < 1.29 is 9.53 Å². The van der Waals surface area contributed by atoms with Crippen molar-refractivity contribution in [1.29, 1.82) is 0 Å². The zero-order chi connectivity index (χ0) is 12.7. The third-order valence-corrected chi connectivity index (χ3v) is 3.74. The number of nitrogens with zero attached hydrogens (tertiary/aromatic N) is 1. The molecule has 0 saturated carbocycles. The molecule has 6 heteroatoms. The Morgan fingerprint density at radius 1 is 1.47 bits per heavy atom. The van der Waals surface area contributed by atoms with E-state index < -0.39 is 6.10 Å². The normalized spacial score (nSPS) is 24.6. The number of hydrogen-bond donors (Lipinski definition) is 1. The minimum absolute atomic E-state index is 0. The number of amides is 1. The van der Waals surface area contributed by atoms with E-state index in [9.17, 15) is 4.79 Å². The van der Waals surface area contributed by atoms with E-state index in [1.807, 2.05) is 12.1 Å². The average Bonchev–Trinajstić information content (AvgIpc) is 2.93. The predicted molar refractivity (Wildman–Crippen MR) is 76.0 cm³/mol. The molecule has 19 heavy (non-hydrogen) atoms. The monoisotopic (exact) mass is 302 g/mol. The van der Waals surface area contributed by atoms with Crippen molar-refractivity contribution in [1.82, 2.24) is 4.90 Å². The van der Waals surface area contributed by atoms with Gasteiger partial charge in [0.2, 0.25) is 0 Å². The Balaban J connectivity index is 0.00000133. The van der Waals surface area contributed by atoms with Crippen LogP contribution in [-0.4, -0.2) is 36.0 Å². The van der Waals surface area contributed by atoms with Gasteiger partial charge in [0, 0.05) is 30.6 Å². The summed E-state index contributed by atoms with van der Waals surface area (Å²) in [4.78, 5) is 14.1. The van der Waals surface area contributed by atoms with Crippen LogP contribution in [0, 0.1) is 0 Å². The van der Waals surface area contributed by atoms with Gasteiger partial charge in [-0.2, -0.15) is 0 Å². The van der Waals surface area contributed by atoms with Crippen molar-refractivity contribution >= 4 is 29.9 Å². The number of ether oxygens (including phenoxy) is 1. The summed E-state index contributed by atoms with van der Waals surface area (Å²) in [5, 5.41) is 0.675. The molecule has 0 aliphatic carbocycles. The zero-order valence-corrected chi connectivity index (χ0v) is 11.9. The highest BCUT2D eigenvalue weighted by atomic mass is 35.5. The summed E-state index contributed by atoms with van der Waals surface area (Å²) in [6, 6.07) is 5.56. The van der Waals surface area contributed by atoms with Crippen molar-refractivity contribution in [3.63, 3.8) is 0 Å². The fourth-order valence-electron chi connectivity index (χ4n) is 2.55. The van der Waals surface area contributed by atoms with Crippen LogP contribution >= 0.6 is 24.0 Å². The largest absolute Gasteiger partial charge is 0.480 e. The first-order valence-electron chi connectivity index (χ1n) is 6.13. The van der Waals surface area contributed by atoms with Gasteiger partial charge >= 0.3 is 0 Å². The van der Waals surface area contributed by atoms with E-state index in [0.717, 1.165) is 24.3 Å². The van der Waals surface area contributed by atoms with E-state index in [1.54, 1.807) is 11.0 Å². The molecule has 1 fully saturated rings. The molecule has 0 bridgehead atoms. The Labute approximate surface area is 123 Å². The van der Waals surface area contributed by atoms with Crippen LogP contribution in [0.3, 0.4) is 0 Å². The number of nitrogens with two attached hydrogens (primary N) is 1.